The first-order chi connectivity index (χ1) is 5.90. The summed E-state index contributed by atoms with van der Waals surface area (Å²) in [5.74, 6) is 1.06. The fourth-order valence-corrected chi connectivity index (χ4v) is 1.21. The molecule has 2 rings (SSSR count). The summed E-state index contributed by atoms with van der Waals surface area (Å²) in [5, 5.41) is 9.10. The molecule has 7 heteroatoms. The van der Waals surface area contributed by atoms with Crippen LogP contribution in [0, 0.1) is 0 Å². The van der Waals surface area contributed by atoms with Gasteiger partial charge in [0.05, 0.1) is 5.88 Å². The van der Waals surface area contributed by atoms with Crippen LogP contribution >= 0.6 is 23.1 Å². The highest BCUT2D eigenvalue weighted by Crippen LogP contribution is 2.14. The number of hydrogen-bond donors (Lipinski definition) is 0. The van der Waals surface area contributed by atoms with Gasteiger partial charge in [-0.1, -0.05) is 9.64 Å². The average molecular weight is 203 g/mol. The van der Waals surface area contributed by atoms with Gasteiger partial charge in [-0.15, -0.1) is 16.7 Å². The maximum Gasteiger partial charge on any atom is 0.279 e. The normalized spacial score (nSPS) is 10.4. The number of nitrogens with zero attached hydrogens (tertiary/aromatic N) is 4. The summed E-state index contributed by atoms with van der Waals surface area (Å²) in [4.78, 5) is 3.97. The van der Waals surface area contributed by atoms with Gasteiger partial charge in [0.15, 0.2) is 11.5 Å². The Kier molecular flexibility index (Phi) is 2.01. The SMILES string of the molecule is ClCc1noc(-c2csnn2)n1. The monoisotopic (exact) mass is 202 g/mol. The first-order valence-electron chi connectivity index (χ1n) is 3.06. The molecule has 2 heterocycles. The zero-order chi connectivity index (χ0) is 8.39. The topological polar surface area (TPSA) is 64.7 Å². The quantitative estimate of drug-likeness (QED) is 0.688. The van der Waals surface area contributed by atoms with E-state index in [1.807, 2.05) is 0 Å². The summed E-state index contributed by atoms with van der Waals surface area (Å²) in [7, 11) is 0. The molecule has 0 bridgehead atoms. The van der Waals surface area contributed by atoms with Crippen molar-refractivity contribution in [2.24, 2.45) is 0 Å². The second kappa shape index (κ2) is 3.16. The fourth-order valence-electron chi connectivity index (χ4n) is 0.670. The molecule has 2 aromatic rings. The number of alkyl halides is 1. The molecule has 0 spiro atoms. The van der Waals surface area contributed by atoms with Gasteiger partial charge in [-0.3, -0.25) is 0 Å². The lowest BCUT2D eigenvalue weighted by atomic mass is 10.5. The highest BCUT2D eigenvalue weighted by Gasteiger charge is 2.09. The van der Waals surface area contributed by atoms with E-state index in [1.54, 1.807) is 5.38 Å². The molecule has 0 N–H and O–H groups in total. The van der Waals surface area contributed by atoms with Gasteiger partial charge < -0.3 is 4.52 Å². The summed E-state index contributed by atoms with van der Waals surface area (Å²) in [6.07, 6.45) is 0. The second-order valence-electron chi connectivity index (χ2n) is 1.94. The van der Waals surface area contributed by atoms with E-state index < -0.39 is 0 Å². The molecule has 0 saturated heterocycles. The molecule has 0 aromatic carbocycles. The summed E-state index contributed by atoms with van der Waals surface area (Å²) in [6, 6.07) is 0. The van der Waals surface area contributed by atoms with Crippen LogP contribution in [-0.4, -0.2) is 19.7 Å². The predicted octanol–water partition coefficient (Wildman–Crippen LogP) is 1.33. The van der Waals surface area contributed by atoms with Crippen LogP contribution in [0.25, 0.3) is 11.6 Å². The summed E-state index contributed by atoms with van der Waals surface area (Å²) < 4.78 is 8.52. The minimum absolute atomic E-state index is 0.237. The maximum atomic E-state index is 5.48. The minimum Gasteiger partial charge on any atom is -0.332 e. The third-order valence-electron chi connectivity index (χ3n) is 1.17. The van der Waals surface area contributed by atoms with Gasteiger partial charge in [0.25, 0.3) is 5.89 Å². The minimum atomic E-state index is 0.237. The molecule has 2 aromatic heterocycles. The van der Waals surface area contributed by atoms with Crippen molar-refractivity contribution in [3.63, 3.8) is 0 Å². The number of hydrogen-bond acceptors (Lipinski definition) is 6. The van der Waals surface area contributed by atoms with E-state index in [9.17, 15) is 0 Å². The Bertz CT molecular complexity index is 359. The molecular formula is C5H3ClN4OS. The largest absolute Gasteiger partial charge is 0.332 e. The molecule has 0 amide bonds. The standard InChI is InChI=1S/C5H3ClN4OS/c6-1-4-7-5(11-9-4)3-2-12-10-8-3/h2H,1H2. The van der Waals surface area contributed by atoms with Crippen LogP contribution in [0.15, 0.2) is 9.90 Å². The van der Waals surface area contributed by atoms with Gasteiger partial charge in [0, 0.05) is 5.38 Å². The van der Waals surface area contributed by atoms with E-state index >= 15 is 0 Å². The lowest BCUT2D eigenvalue weighted by molar-refractivity contribution is 0.423. The van der Waals surface area contributed by atoms with Crippen LogP contribution in [0.2, 0.25) is 0 Å². The van der Waals surface area contributed by atoms with Crippen LogP contribution < -0.4 is 0 Å². The van der Waals surface area contributed by atoms with Crippen molar-refractivity contribution in [1.82, 2.24) is 19.7 Å². The Morgan fingerprint density at radius 2 is 2.50 bits per heavy atom. The van der Waals surface area contributed by atoms with Gasteiger partial charge in [0.1, 0.15) is 0 Å². The van der Waals surface area contributed by atoms with Crippen molar-refractivity contribution in [1.29, 1.82) is 0 Å². The van der Waals surface area contributed by atoms with E-state index in [2.05, 4.69) is 19.7 Å². The van der Waals surface area contributed by atoms with Gasteiger partial charge >= 0.3 is 0 Å². The van der Waals surface area contributed by atoms with Crippen molar-refractivity contribution in [3.8, 4) is 11.6 Å². The van der Waals surface area contributed by atoms with Crippen LogP contribution in [0.1, 0.15) is 5.82 Å². The van der Waals surface area contributed by atoms with Crippen LogP contribution in [0.3, 0.4) is 0 Å². The molecule has 12 heavy (non-hydrogen) atoms. The molecule has 0 saturated carbocycles. The Labute approximate surface area is 76.5 Å². The Morgan fingerprint density at radius 3 is 3.08 bits per heavy atom. The highest BCUT2D eigenvalue weighted by atomic mass is 35.5. The van der Waals surface area contributed by atoms with Gasteiger partial charge in [-0.2, -0.15) is 4.98 Å². The number of halogens is 1. The molecular weight excluding hydrogens is 200 g/mol. The average Bonchev–Trinajstić information content (AvgIpc) is 2.75. The predicted molar refractivity (Wildman–Crippen MR) is 42.8 cm³/mol. The Morgan fingerprint density at radius 1 is 1.58 bits per heavy atom. The van der Waals surface area contributed by atoms with Crippen molar-refractivity contribution in [2.45, 2.75) is 5.88 Å². The third-order valence-corrected chi connectivity index (χ3v) is 1.91. The maximum absolute atomic E-state index is 5.48. The van der Waals surface area contributed by atoms with E-state index in [-0.39, 0.29) is 5.88 Å². The lowest BCUT2D eigenvalue weighted by Gasteiger charge is -1.78. The fraction of sp³-hybridized carbons (Fsp3) is 0.200. The summed E-state index contributed by atoms with van der Waals surface area (Å²) in [6.45, 7) is 0. The highest BCUT2D eigenvalue weighted by molar-refractivity contribution is 7.03. The Balaban J connectivity index is 2.35. The number of rotatable bonds is 2. The van der Waals surface area contributed by atoms with Gasteiger partial charge in [-0.25, -0.2) is 0 Å². The molecule has 0 aliphatic rings. The Hall–Kier alpha value is -1.01. The van der Waals surface area contributed by atoms with Crippen molar-refractivity contribution < 1.29 is 4.52 Å². The number of aromatic nitrogens is 4. The van der Waals surface area contributed by atoms with Crippen molar-refractivity contribution >= 4 is 23.1 Å². The van der Waals surface area contributed by atoms with Crippen LogP contribution in [0.5, 0.6) is 0 Å². The molecule has 5 nitrogen and oxygen atoms in total. The van der Waals surface area contributed by atoms with Crippen molar-refractivity contribution in [3.05, 3.63) is 11.2 Å². The first-order valence-corrected chi connectivity index (χ1v) is 4.43. The van der Waals surface area contributed by atoms with E-state index in [4.69, 9.17) is 16.1 Å². The molecule has 0 fully saturated rings. The third kappa shape index (κ3) is 1.30. The van der Waals surface area contributed by atoms with E-state index in [0.29, 0.717) is 17.4 Å². The molecule has 0 aliphatic carbocycles. The zero-order valence-electron chi connectivity index (χ0n) is 5.77. The van der Waals surface area contributed by atoms with Crippen molar-refractivity contribution in [2.75, 3.05) is 0 Å². The lowest BCUT2D eigenvalue weighted by Crippen LogP contribution is -1.80. The summed E-state index contributed by atoms with van der Waals surface area (Å²) >= 11 is 6.71. The first kappa shape index (κ1) is 7.63. The second-order valence-corrected chi connectivity index (χ2v) is 2.82. The van der Waals surface area contributed by atoms with E-state index in [0.717, 1.165) is 0 Å². The van der Waals surface area contributed by atoms with Crippen LogP contribution in [0.4, 0.5) is 0 Å². The van der Waals surface area contributed by atoms with Gasteiger partial charge in [0.2, 0.25) is 0 Å². The molecule has 0 radical (unpaired) electrons. The zero-order valence-corrected chi connectivity index (χ0v) is 7.34. The van der Waals surface area contributed by atoms with Crippen LogP contribution in [-0.2, 0) is 5.88 Å². The summed E-state index contributed by atoms with van der Waals surface area (Å²) in [5.41, 5.74) is 0.587. The van der Waals surface area contributed by atoms with Gasteiger partial charge in [-0.05, 0) is 11.5 Å². The smallest absolute Gasteiger partial charge is 0.279 e. The molecule has 0 unspecified atom stereocenters. The molecule has 0 aliphatic heterocycles. The molecule has 62 valence electrons. The van der Waals surface area contributed by atoms with E-state index in [1.165, 1.54) is 11.5 Å². The molecule has 0 atom stereocenters.